The molecule has 0 aliphatic rings. The molecule has 0 spiro atoms. The lowest BCUT2D eigenvalue weighted by atomic mass is 9.99. The van der Waals surface area contributed by atoms with Crippen LogP contribution in [-0.2, 0) is 0 Å². The number of hydrogen-bond acceptors (Lipinski definition) is 5. The lowest BCUT2D eigenvalue weighted by molar-refractivity contribution is 0.281. The van der Waals surface area contributed by atoms with Gasteiger partial charge in [0.05, 0.1) is 12.0 Å². The topological polar surface area (TPSA) is 71.2 Å². The number of anilines is 1. The molecule has 0 bridgehead atoms. The van der Waals surface area contributed by atoms with E-state index in [-0.39, 0.29) is 12.6 Å². The highest BCUT2D eigenvalue weighted by Crippen LogP contribution is 2.42. The van der Waals surface area contributed by atoms with Crippen molar-refractivity contribution in [3.05, 3.63) is 67.0 Å². The van der Waals surface area contributed by atoms with E-state index in [1.807, 2.05) is 67.6 Å². The first kappa shape index (κ1) is 16.3. The highest BCUT2D eigenvalue weighted by Gasteiger charge is 2.22. The first-order chi connectivity index (χ1) is 12.8. The van der Waals surface area contributed by atoms with Crippen LogP contribution >= 0.6 is 0 Å². The Morgan fingerprint density at radius 1 is 0.962 bits per heavy atom. The molecule has 1 atom stereocenters. The van der Waals surface area contributed by atoms with Crippen molar-refractivity contribution in [2.45, 2.75) is 13.0 Å². The molecule has 2 N–H and O–H groups in total. The average Bonchev–Trinajstić information content (AvgIpc) is 3.10. The highest BCUT2D eigenvalue weighted by molar-refractivity contribution is 6.05. The van der Waals surface area contributed by atoms with Crippen molar-refractivity contribution in [1.82, 2.24) is 9.97 Å². The molecule has 2 aromatic heterocycles. The molecule has 0 saturated heterocycles. The maximum atomic E-state index is 9.41. The van der Waals surface area contributed by atoms with Gasteiger partial charge in [0.25, 0.3) is 0 Å². The maximum Gasteiger partial charge on any atom is 0.232 e. The molecule has 0 amide bonds. The fraction of sp³-hybridized carbons (Fsp3) is 0.143. The van der Waals surface area contributed by atoms with Gasteiger partial charge in [-0.3, -0.25) is 0 Å². The van der Waals surface area contributed by atoms with Gasteiger partial charge in [0.15, 0.2) is 0 Å². The summed E-state index contributed by atoms with van der Waals surface area (Å²) in [5.74, 6) is 1.41. The number of nitrogens with one attached hydrogen (secondary N) is 1. The van der Waals surface area contributed by atoms with E-state index in [2.05, 4.69) is 15.3 Å². The summed E-state index contributed by atoms with van der Waals surface area (Å²) >= 11 is 0. The summed E-state index contributed by atoms with van der Waals surface area (Å²) in [5.41, 5.74) is 3.47. The van der Waals surface area contributed by atoms with Crippen LogP contribution in [0.15, 0.2) is 71.4 Å². The number of benzene rings is 2. The lowest BCUT2D eigenvalue weighted by Crippen LogP contribution is -2.20. The van der Waals surface area contributed by atoms with Gasteiger partial charge < -0.3 is 14.8 Å². The second kappa shape index (κ2) is 6.98. The molecule has 0 fully saturated rings. The van der Waals surface area contributed by atoms with Gasteiger partial charge in [0.2, 0.25) is 5.71 Å². The SMILES string of the molecule is C[C@@H](CO)Nc1ncnc2oc(-c3ccccc3)c(-c3ccccc3)c12. The first-order valence-corrected chi connectivity index (χ1v) is 8.53. The number of aromatic nitrogens is 2. The highest BCUT2D eigenvalue weighted by atomic mass is 16.3. The molecule has 2 heterocycles. The van der Waals surface area contributed by atoms with Crippen LogP contribution in [0.5, 0.6) is 0 Å². The predicted molar refractivity (Wildman–Crippen MR) is 103 cm³/mol. The first-order valence-electron chi connectivity index (χ1n) is 8.53. The summed E-state index contributed by atoms with van der Waals surface area (Å²) in [6, 6.07) is 19.9. The van der Waals surface area contributed by atoms with Crippen LogP contribution in [0.4, 0.5) is 5.82 Å². The Morgan fingerprint density at radius 3 is 2.27 bits per heavy atom. The van der Waals surface area contributed by atoms with Crippen molar-refractivity contribution in [3.63, 3.8) is 0 Å². The van der Waals surface area contributed by atoms with Crippen molar-refractivity contribution in [1.29, 1.82) is 0 Å². The molecule has 5 heteroatoms. The van der Waals surface area contributed by atoms with Crippen molar-refractivity contribution in [2.75, 3.05) is 11.9 Å². The Balaban J connectivity index is 2.02. The number of hydrogen-bond donors (Lipinski definition) is 2. The quantitative estimate of drug-likeness (QED) is 0.563. The fourth-order valence-electron chi connectivity index (χ4n) is 2.99. The molecular weight excluding hydrogens is 326 g/mol. The average molecular weight is 345 g/mol. The van der Waals surface area contributed by atoms with Gasteiger partial charge in [0.1, 0.15) is 17.9 Å². The molecule has 0 saturated carbocycles. The van der Waals surface area contributed by atoms with Crippen LogP contribution in [0.25, 0.3) is 33.6 Å². The second-order valence-electron chi connectivity index (χ2n) is 6.17. The van der Waals surface area contributed by atoms with Crippen molar-refractivity contribution in [3.8, 4) is 22.5 Å². The minimum Gasteiger partial charge on any atom is -0.437 e. The van der Waals surface area contributed by atoms with Gasteiger partial charge in [-0.25, -0.2) is 9.97 Å². The summed E-state index contributed by atoms with van der Waals surface area (Å²) in [5, 5.41) is 13.5. The molecule has 26 heavy (non-hydrogen) atoms. The third kappa shape index (κ3) is 2.93. The molecule has 0 unspecified atom stereocenters. The largest absolute Gasteiger partial charge is 0.437 e. The second-order valence-corrected chi connectivity index (χ2v) is 6.17. The van der Waals surface area contributed by atoms with Crippen molar-refractivity contribution < 1.29 is 9.52 Å². The third-order valence-electron chi connectivity index (χ3n) is 4.24. The molecule has 0 radical (unpaired) electrons. The van der Waals surface area contributed by atoms with Crippen LogP contribution in [-0.4, -0.2) is 27.7 Å². The Morgan fingerprint density at radius 2 is 1.62 bits per heavy atom. The van der Waals surface area contributed by atoms with E-state index in [1.165, 1.54) is 6.33 Å². The monoisotopic (exact) mass is 345 g/mol. The van der Waals surface area contributed by atoms with E-state index >= 15 is 0 Å². The van der Waals surface area contributed by atoms with Gasteiger partial charge in [0, 0.05) is 17.2 Å². The normalized spacial score (nSPS) is 12.2. The molecule has 0 aliphatic heterocycles. The molecule has 5 nitrogen and oxygen atoms in total. The summed E-state index contributed by atoms with van der Waals surface area (Å²) in [6.45, 7) is 1.91. The molecule has 0 aliphatic carbocycles. The predicted octanol–water partition coefficient (Wildman–Crippen LogP) is 4.35. The minimum atomic E-state index is -0.133. The van der Waals surface area contributed by atoms with Crippen LogP contribution < -0.4 is 5.32 Å². The molecule has 2 aromatic carbocycles. The van der Waals surface area contributed by atoms with Gasteiger partial charge in [-0.2, -0.15) is 0 Å². The summed E-state index contributed by atoms with van der Waals surface area (Å²) in [6.07, 6.45) is 1.47. The van der Waals surface area contributed by atoms with Crippen molar-refractivity contribution in [2.24, 2.45) is 0 Å². The van der Waals surface area contributed by atoms with E-state index in [4.69, 9.17) is 4.42 Å². The van der Waals surface area contributed by atoms with E-state index < -0.39 is 0 Å². The summed E-state index contributed by atoms with van der Waals surface area (Å²) < 4.78 is 6.14. The Kier molecular flexibility index (Phi) is 4.37. The standard InChI is InChI=1S/C21H19N3O2/c1-14(12-25)24-20-18-17(15-8-4-2-5-9-15)19(16-10-6-3-7-11-16)26-21(18)23-13-22-20/h2-11,13-14,25H,12H2,1H3,(H,22,23,24)/t14-/m0/s1. The van der Waals surface area contributed by atoms with Gasteiger partial charge in [-0.1, -0.05) is 60.7 Å². The molecular formula is C21H19N3O2. The van der Waals surface area contributed by atoms with Gasteiger partial charge in [-0.05, 0) is 12.5 Å². The van der Waals surface area contributed by atoms with Gasteiger partial charge >= 0.3 is 0 Å². The van der Waals surface area contributed by atoms with Crippen LogP contribution in [0.1, 0.15) is 6.92 Å². The smallest absolute Gasteiger partial charge is 0.232 e. The van der Waals surface area contributed by atoms with Crippen LogP contribution in [0, 0.1) is 0 Å². The van der Waals surface area contributed by atoms with Crippen LogP contribution in [0.2, 0.25) is 0 Å². The molecule has 130 valence electrons. The van der Waals surface area contributed by atoms with E-state index in [9.17, 15) is 5.11 Å². The lowest BCUT2D eigenvalue weighted by Gasteiger charge is -2.12. The number of aliphatic hydroxyl groups excluding tert-OH is 1. The molecule has 4 aromatic rings. The molecule has 4 rings (SSSR count). The zero-order chi connectivity index (χ0) is 17.9. The summed E-state index contributed by atoms with van der Waals surface area (Å²) in [4.78, 5) is 8.72. The number of nitrogens with zero attached hydrogens (tertiary/aromatic N) is 2. The van der Waals surface area contributed by atoms with Gasteiger partial charge in [-0.15, -0.1) is 0 Å². The Labute approximate surface area is 151 Å². The summed E-state index contributed by atoms with van der Waals surface area (Å²) in [7, 11) is 0. The minimum absolute atomic E-state index is 0.00948. The van der Waals surface area contributed by atoms with E-state index in [0.29, 0.717) is 11.5 Å². The Bertz CT molecular complexity index is 1010. The number of aliphatic hydroxyl groups is 1. The number of rotatable bonds is 5. The third-order valence-corrected chi connectivity index (χ3v) is 4.24. The van der Waals surface area contributed by atoms with Crippen LogP contribution in [0.3, 0.4) is 0 Å². The fourth-order valence-corrected chi connectivity index (χ4v) is 2.99. The Hall–Kier alpha value is -3.18. The van der Waals surface area contributed by atoms with E-state index in [1.54, 1.807) is 0 Å². The van der Waals surface area contributed by atoms with E-state index in [0.717, 1.165) is 27.8 Å². The number of fused-ring (bicyclic) bond motifs is 1. The van der Waals surface area contributed by atoms with Crippen molar-refractivity contribution >= 4 is 16.9 Å². The zero-order valence-corrected chi connectivity index (χ0v) is 14.4. The zero-order valence-electron chi connectivity index (χ0n) is 14.4. The number of furan rings is 1. The maximum absolute atomic E-state index is 9.41.